The third-order valence-corrected chi connectivity index (χ3v) is 4.61. The number of carbonyl (C=O) groups excluding carboxylic acids is 1. The van der Waals surface area contributed by atoms with E-state index in [0.29, 0.717) is 11.6 Å². The molecule has 0 saturated heterocycles. The van der Waals surface area contributed by atoms with Crippen LogP contribution in [0.5, 0.6) is 5.75 Å². The largest absolute Gasteiger partial charge is 0.433 e. The topological polar surface area (TPSA) is 110 Å². The Hall–Kier alpha value is -3.38. The number of nitrogens with zero attached hydrogens (tertiary/aromatic N) is 2. The molecule has 1 aromatic heterocycles. The van der Waals surface area contributed by atoms with E-state index < -0.39 is 34.2 Å². The molecule has 2 aromatic carbocycles. The molecule has 2 N–H and O–H groups in total. The van der Waals surface area contributed by atoms with Gasteiger partial charge in [0, 0.05) is 16.7 Å². The first kappa shape index (κ1) is 22.3. The number of hydrogen-bond donors (Lipinski definition) is 2. The maximum Gasteiger partial charge on any atom is 0.433 e. The lowest BCUT2D eigenvalue weighted by Crippen LogP contribution is -2.37. The Morgan fingerprint density at radius 1 is 1.00 bits per heavy atom. The quantitative estimate of drug-likeness (QED) is 0.574. The zero-order valence-corrected chi connectivity index (χ0v) is 16.8. The van der Waals surface area contributed by atoms with Gasteiger partial charge in [-0.15, -0.1) is 0 Å². The van der Waals surface area contributed by atoms with E-state index in [0.717, 1.165) is 0 Å². The van der Waals surface area contributed by atoms with Crippen molar-refractivity contribution in [3.05, 3.63) is 71.4 Å². The van der Waals surface area contributed by atoms with Crippen LogP contribution in [0.4, 0.5) is 23.9 Å². The number of benzene rings is 2. The summed E-state index contributed by atoms with van der Waals surface area (Å²) in [7, 11) is -4.67. The van der Waals surface area contributed by atoms with Gasteiger partial charge in [-0.05, 0) is 18.2 Å². The number of anilines is 1. The molecule has 3 rings (SSSR count). The average Bonchev–Trinajstić information content (AvgIpc) is 2.66. The van der Waals surface area contributed by atoms with Crippen molar-refractivity contribution in [1.82, 2.24) is 14.7 Å². The Morgan fingerprint density at radius 2 is 1.71 bits per heavy atom. The zero-order valence-electron chi connectivity index (χ0n) is 15.2. The van der Waals surface area contributed by atoms with Gasteiger partial charge in [-0.3, -0.25) is 5.32 Å². The summed E-state index contributed by atoms with van der Waals surface area (Å²) in [6, 6.07) is 12.5. The Labute approximate surface area is 179 Å². The zero-order chi connectivity index (χ0) is 22.6. The molecule has 3 aromatic rings. The van der Waals surface area contributed by atoms with Crippen molar-refractivity contribution in [2.24, 2.45) is 0 Å². The standard InChI is InChI=1S/C18H12ClF3N4O4S/c19-12-7-4-8-13(9-12)30-31(28,29)26-17(27)25-16-23-14(11-5-2-1-3-6-11)10-15(24-16)18(20,21)22/h1-10H,(H2,23,24,25,26,27). The highest BCUT2D eigenvalue weighted by Crippen LogP contribution is 2.31. The minimum Gasteiger partial charge on any atom is -0.367 e. The van der Waals surface area contributed by atoms with Gasteiger partial charge in [-0.2, -0.15) is 21.6 Å². The highest BCUT2D eigenvalue weighted by Gasteiger charge is 2.34. The lowest BCUT2D eigenvalue weighted by atomic mass is 10.1. The number of hydrogen-bond acceptors (Lipinski definition) is 6. The van der Waals surface area contributed by atoms with Crippen molar-refractivity contribution in [3.8, 4) is 17.0 Å². The number of nitrogens with one attached hydrogen (secondary N) is 2. The van der Waals surface area contributed by atoms with Crippen molar-refractivity contribution in [2.75, 3.05) is 5.32 Å². The van der Waals surface area contributed by atoms with Crippen LogP contribution in [-0.2, 0) is 16.5 Å². The lowest BCUT2D eigenvalue weighted by Gasteiger charge is -2.12. The van der Waals surface area contributed by atoms with Crippen LogP contribution in [0.2, 0.25) is 5.02 Å². The number of alkyl halides is 3. The van der Waals surface area contributed by atoms with Gasteiger partial charge >= 0.3 is 22.5 Å². The predicted molar refractivity (Wildman–Crippen MR) is 106 cm³/mol. The normalized spacial score (nSPS) is 11.6. The molecular formula is C18H12ClF3N4O4S. The summed E-state index contributed by atoms with van der Waals surface area (Å²) in [4.78, 5) is 19.1. The van der Waals surface area contributed by atoms with Gasteiger partial charge in [0.15, 0.2) is 5.69 Å². The molecule has 8 nitrogen and oxygen atoms in total. The maximum atomic E-state index is 13.2. The van der Waals surface area contributed by atoms with E-state index in [-0.39, 0.29) is 16.5 Å². The van der Waals surface area contributed by atoms with Gasteiger partial charge in [0.05, 0.1) is 5.69 Å². The minimum absolute atomic E-state index is 0.128. The summed E-state index contributed by atoms with van der Waals surface area (Å²) in [5.74, 6) is -0.946. The van der Waals surface area contributed by atoms with E-state index in [1.807, 2.05) is 5.32 Å². The molecule has 0 unspecified atom stereocenters. The first-order chi connectivity index (χ1) is 14.5. The maximum absolute atomic E-state index is 13.2. The highest BCUT2D eigenvalue weighted by atomic mass is 35.5. The number of urea groups is 1. The van der Waals surface area contributed by atoms with E-state index in [1.165, 1.54) is 41.1 Å². The van der Waals surface area contributed by atoms with E-state index in [1.54, 1.807) is 18.2 Å². The van der Waals surface area contributed by atoms with Gasteiger partial charge in [0.1, 0.15) is 5.75 Å². The highest BCUT2D eigenvalue weighted by molar-refractivity contribution is 7.85. The molecule has 0 bridgehead atoms. The Kier molecular flexibility index (Phi) is 6.32. The van der Waals surface area contributed by atoms with E-state index in [4.69, 9.17) is 11.6 Å². The Morgan fingerprint density at radius 3 is 2.35 bits per heavy atom. The molecule has 0 aliphatic heterocycles. The molecule has 31 heavy (non-hydrogen) atoms. The molecule has 1 heterocycles. The van der Waals surface area contributed by atoms with E-state index in [9.17, 15) is 26.4 Å². The van der Waals surface area contributed by atoms with Crippen molar-refractivity contribution in [1.29, 1.82) is 0 Å². The molecule has 2 amide bonds. The molecule has 0 spiro atoms. The lowest BCUT2D eigenvalue weighted by molar-refractivity contribution is -0.141. The molecule has 0 radical (unpaired) electrons. The van der Waals surface area contributed by atoms with Gasteiger partial charge in [-0.25, -0.2) is 19.5 Å². The van der Waals surface area contributed by atoms with Crippen molar-refractivity contribution in [3.63, 3.8) is 0 Å². The molecule has 0 fully saturated rings. The monoisotopic (exact) mass is 472 g/mol. The summed E-state index contributed by atoms with van der Waals surface area (Å²) < 4.78 is 69.7. The molecule has 0 atom stereocenters. The molecule has 0 saturated carbocycles. The van der Waals surface area contributed by atoms with Gasteiger partial charge in [-0.1, -0.05) is 48.0 Å². The molecule has 13 heteroatoms. The van der Waals surface area contributed by atoms with Crippen LogP contribution in [0.15, 0.2) is 60.7 Å². The van der Waals surface area contributed by atoms with Crippen LogP contribution in [0.25, 0.3) is 11.3 Å². The van der Waals surface area contributed by atoms with Gasteiger partial charge in [0.2, 0.25) is 5.95 Å². The van der Waals surface area contributed by atoms with Crippen molar-refractivity contribution < 1.29 is 30.6 Å². The van der Waals surface area contributed by atoms with E-state index >= 15 is 0 Å². The number of amides is 2. The van der Waals surface area contributed by atoms with Crippen LogP contribution >= 0.6 is 11.6 Å². The number of aromatic nitrogens is 2. The first-order valence-corrected chi connectivity index (χ1v) is 10.1. The third-order valence-electron chi connectivity index (χ3n) is 3.53. The van der Waals surface area contributed by atoms with Crippen LogP contribution in [0, 0.1) is 0 Å². The van der Waals surface area contributed by atoms with Crippen LogP contribution in [0.3, 0.4) is 0 Å². The number of rotatable bonds is 5. The van der Waals surface area contributed by atoms with Gasteiger partial charge in [0.25, 0.3) is 0 Å². The minimum atomic E-state index is -4.83. The summed E-state index contributed by atoms with van der Waals surface area (Å²) >= 11 is 5.72. The Bertz CT molecular complexity index is 1210. The summed E-state index contributed by atoms with van der Waals surface area (Å²) in [6.45, 7) is 0. The average molecular weight is 473 g/mol. The second kappa shape index (κ2) is 8.78. The van der Waals surface area contributed by atoms with Gasteiger partial charge < -0.3 is 4.18 Å². The summed E-state index contributed by atoms with van der Waals surface area (Å²) in [5.41, 5.74) is -1.12. The number of carbonyl (C=O) groups is 1. The molecule has 0 aliphatic carbocycles. The molecule has 0 aliphatic rings. The van der Waals surface area contributed by atoms with Crippen LogP contribution in [-0.4, -0.2) is 24.4 Å². The molecular weight excluding hydrogens is 461 g/mol. The SMILES string of the molecule is O=C(Nc1nc(-c2ccccc2)cc(C(F)(F)F)n1)NS(=O)(=O)Oc1cccc(Cl)c1. The van der Waals surface area contributed by atoms with Crippen molar-refractivity contribution >= 4 is 33.9 Å². The van der Waals surface area contributed by atoms with Crippen molar-refractivity contribution in [2.45, 2.75) is 6.18 Å². The van der Waals surface area contributed by atoms with Crippen LogP contribution < -0.4 is 14.2 Å². The molecule has 162 valence electrons. The van der Waals surface area contributed by atoms with E-state index in [2.05, 4.69) is 14.2 Å². The third kappa shape index (κ3) is 6.30. The fourth-order valence-electron chi connectivity index (χ4n) is 2.31. The first-order valence-electron chi connectivity index (χ1n) is 8.32. The second-order valence-corrected chi connectivity index (χ2v) is 7.59. The number of halogens is 4. The summed E-state index contributed by atoms with van der Waals surface area (Å²) in [5, 5.41) is 2.04. The summed E-state index contributed by atoms with van der Waals surface area (Å²) in [6.07, 6.45) is -4.83. The van der Waals surface area contributed by atoms with Crippen LogP contribution in [0.1, 0.15) is 5.69 Å². The second-order valence-electron chi connectivity index (χ2n) is 5.88. The predicted octanol–water partition coefficient (Wildman–Crippen LogP) is 4.26. The fourth-order valence-corrected chi connectivity index (χ4v) is 3.17. The Balaban J connectivity index is 1.81. The smallest absolute Gasteiger partial charge is 0.367 e. The fraction of sp³-hybridized carbons (Fsp3) is 0.0556.